The number of fused-ring (bicyclic) bond motifs is 1. The predicted molar refractivity (Wildman–Crippen MR) is 123 cm³/mol. The molecule has 2 N–H and O–H groups in total. The lowest BCUT2D eigenvalue weighted by Gasteiger charge is -2.40. The van der Waals surface area contributed by atoms with Crippen molar-refractivity contribution in [3.63, 3.8) is 0 Å². The quantitative estimate of drug-likeness (QED) is 0.764. The molecule has 2 unspecified atom stereocenters. The summed E-state index contributed by atoms with van der Waals surface area (Å²) in [6.45, 7) is 6.09. The molecule has 6 heteroatoms. The first-order chi connectivity index (χ1) is 15.2. The van der Waals surface area contributed by atoms with E-state index in [1.165, 1.54) is 25.7 Å². The van der Waals surface area contributed by atoms with Crippen LogP contribution in [0.25, 0.3) is 0 Å². The van der Waals surface area contributed by atoms with Gasteiger partial charge in [-0.1, -0.05) is 18.9 Å². The third-order valence-corrected chi connectivity index (χ3v) is 7.84. The third-order valence-electron chi connectivity index (χ3n) is 7.84. The van der Waals surface area contributed by atoms with Crippen molar-refractivity contribution >= 4 is 5.82 Å². The van der Waals surface area contributed by atoms with E-state index in [2.05, 4.69) is 26.9 Å². The average Bonchev–Trinajstić information content (AvgIpc) is 3.06. The topological polar surface area (TPSA) is 64.8 Å². The Kier molecular flexibility index (Phi) is 6.08. The summed E-state index contributed by atoms with van der Waals surface area (Å²) in [5.74, 6) is 2.91. The van der Waals surface area contributed by atoms with Crippen LogP contribution in [-0.4, -0.2) is 57.4 Å². The zero-order chi connectivity index (χ0) is 21.2. The first kappa shape index (κ1) is 20.7. The molecule has 0 bridgehead atoms. The van der Waals surface area contributed by atoms with E-state index in [0.29, 0.717) is 23.6 Å². The number of aromatic hydroxyl groups is 2. The fraction of sp³-hybridized carbons (Fsp3) is 0.640. The van der Waals surface area contributed by atoms with Gasteiger partial charge >= 0.3 is 0 Å². The minimum Gasteiger partial charge on any atom is -0.494 e. The molecule has 0 aromatic carbocycles. The highest BCUT2D eigenvalue weighted by molar-refractivity contribution is 5.46. The molecule has 2 aromatic rings. The molecule has 3 heterocycles. The lowest BCUT2D eigenvalue weighted by molar-refractivity contribution is 0.130. The van der Waals surface area contributed by atoms with E-state index in [4.69, 9.17) is 0 Å². The number of nitrogens with zero attached hydrogens (tertiary/aromatic N) is 4. The van der Waals surface area contributed by atoms with Crippen molar-refractivity contribution in [1.82, 2.24) is 14.5 Å². The van der Waals surface area contributed by atoms with Crippen LogP contribution in [0.5, 0.6) is 11.8 Å². The largest absolute Gasteiger partial charge is 0.494 e. The maximum Gasteiger partial charge on any atom is 0.197 e. The van der Waals surface area contributed by atoms with Gasteiger partial charge in [0, 0.05) is 56.6 Å². The standard InChI is InChI=1S/C25H36N4O2/c30-24-21-9-3-4-10-22(21)25(31)29(24)18-20-8-2-1-7-19(20)17-27-13-15-28(16-14-27)23-11-5-6-12-26-23/h5-6,11-12,19-20,30-31H,1-4,7-10,13-18H2. The SMILES string of the molecule is Oc1c2c(c(O)n1CC1CCCCC1CN1CCN(c3ccccn3)CC1)CCCC2. The second-order valence-electron chi connectivity index (χ2n) is 9.70. The summed E-state index contributed by atoms with van der Waals surface area (Å²) in [6, 6.07) is 6.13. The van der Waals surface area contributed by atoms with Crippen molar-refractivity contribution < 1.29 is 10.2 Å². The molecule has 6 nitrogen and oxygen atoms in total. The van der Waals surface area contributed by atoms with E-state index in [-0.39, 0.29) is 0 Å². The van der Waals surface area contributed by atoms with E-state index in [0.717, 1.165) is 81.9 Å². The van der Waals surface area contributed by atoms with Gasteiger partial charge < -0.3 is 15.1 Å². The van der Waals surface area contributed by atoms with Gasteiger partial charge in [-0.3, -0.25) is 9.47 Å². The number of piperazine rings is 1. The van der Waals surface area contributed by atoms with Crippen LogP contribution < -0.4 is 4.90 Å². The van der Waals surface area contributed by atoms with Gasteiger partial charge in [-0.15, -0.1) is 0 Å². The maximum absolute atomic E-state index is 10.8. The van der Waals surface area contributed by atoms with E-state index in [1.807, 2.05) is 16.8 Å². The highest BCUT2D eigenvalue weighted by atomic mass is 16.3. The lowest BCUT2D eigenvalue weighted by Crippen LogP contribution is -2.49. The smallest absolute Gasteiger partial charge is 0.197 e. The molecular formula is C25H36N4O2. The number of anilines is 1. The van der Waals surface area contributed by atoms with E-state index in [9.17, 15) is 10.2 Å². The third kappa shape index (κ3) is 4.27. The van der Waals surface area contributed by atoms with Crippen molar-refractivity contribution in [1.29, 1.82) is 0 Å². The number of pyridine rings is 1. The molecular weight excluding hydrogens is 388 g/mol. The zero-order valence-corrected chi connectivity index (χ0v) is 18.5. The average molecular weight is 425 g/mol. The molecule has 2 aromatic heterocycles. The molecule has 1 saturated heterocycles. The Morgan fingerprint density at radius 2 is 1.45 bits per heavy atom. The van der Waals surface area contributed by atoms with Gasteiger partial charge in [-0.05, 0) is 62.5 Å². The molecule has 2 fully saturated rings. The summed E-state index contributed by atoms with van der Waals surface area (Å²) in [5.41, 5.74) is 2.00. The fourth-order valence-electron chi connectivity index (χ4n) is 6.03. The molecule has 0 radical (unpaired) electrons. The molecule has 168 valence electrons. The predicted octanol–water partition coefficient (Wildman–Crippen LogP) is 3.80. The molecule has 2 atom stereocenters. The minimum atomic E-state index is 0.334. The van der Waals surface area contributed by atoms with Crippen LogP contribution in [0.4, 0.5) is 5.82 Å². The van der Waals surface area contributed by atoms with Gasteiger partial charge in [0.25, 0.3) is 0 Å². The first-order valence-electron chi connectivity index (χ1n) is 12.2. The second-order valence-corrected chi connectivity index (χ2v) is 9.70. The second kappa shape index (κ2) is 9.11. The molecule has 2 aliphatic carbocycles. The van der Waals surface area contributed by atoms with Gasteiger partial charge in [0.2, 0.25) is 0 Å². The summed E-state index contributed by atoms with van der Waals surface area (Å²) in [5, 5.41) is 21.6. The number of aromatic nitrogens is 2. The lowest BCUT2D eigenvalue weighted by atomic mass is 9.78. The van der Waals surface area contributed by atoms with Crippen molar-refractivity contribution in [2.24, 2.45) is 11.8 Å². The summed E-state index contributed by atoms with van der Waals surface area (Å²) < 4.78 is 1.83. The Morgan fingerprint density at radius 3 is 2.06 bits per heavy atom. The molecule has 1 saturated carbocycles. The number of hydrogen-bond acceptors (Lipinski definition) is 5. The highest BCUT2D eigenvalue weighted by Gasteiger charge is 2.32. The first-order valence-corrected chi connectivity index (χ1v) is 12.2. The molecule has 5 rings (SSSR count). The van der Waals surface area contributed by atoms with Crippen molar-refractivity contribution in [3.05, 3.63) is 35.5 Å². The van der Waals surface area contributed by atoms with Crippen LogP contribution in [0.3, 0.4) is 0 Å². The van der Waals surface area contributed by atoms with E-state index < -0.39 is 0 Å². The van der Waals surface area contributed by atoms with Crippen molar-refractivity contribution in [2.75, 3.05) is 37.6 Å². The van der Waals surface area contributed by atoms with Crippen LogP contribution in [0.1, 0.15) is 49.7 Å². The molecule has 31 heavy (non-hydrogen) atoms. The molecule has 1 aliphatic heterocycles. The monoisotopic (exact) mass is 424 g/mol. The number of rotatable bonds is 5. The normalized spacial score (nSPS) is 24.8. The Morgan fingerprint density at radius 1 is 0.806 bits per heavy atom. The van der Waals surface area contributed by atoms with Crippen LogP contribution >= 0.6 is 0 Å². The van der Waals surface area contributed by atoms with E-state index >= 15 is 0 Å². The van der Waals surface area contributed by atoms with Crippen LogP contribution in [-0.2, 0) is 19.4 Å². The van der Waals surface area contributed by atoms with Gasteiger partial charge in [-0.2, -0.15) is 0 Å². The van der Waals surface area contributed by atoms with Crippen LogP contribution in [0, 0.1) is 11.8 Å². The summed E-state index contributed by atoms with van der Waals surface area (Å²) >= 11 is 0. The van der Waals surface area contributed by atoms with Crippen LogP contribution in [0.15, 0.2) is 24.4 Å². The van der Waals surface area contributed by atoms with Crippen molar-refractivity contribution in [2.45, 2.75) is 57.9 Å². The van der Waals surface area contributed by atoms with E-state index in [1.54, 1.807) is 0 Å². The van der Waals surface area contributed by atoms with Gasteiger partial charge in [0.15, 0.2) is 11.8 Å². The van der Waals surface area contributed by atoms with Gasteiger partial charge in [0.05, 0.1) is 0 Å². The molecule has 0 amide bonds. The Hall–Kier alpha value is -2.21. The molecule has 0 spiro atoms. The van der Waals surface area contributed by atoms with Gasteiger partial charge in [0.1, 0.15) is 5.82 Å². The molecule has 3 aliphatic rings. The summed E-state index contributed by atoms with van der Waals surface area (Å²) in [7, 11) is 0. The van der Waals surface area contributed by atoms with Crippen molar-refractivity contribution in [3.8, 4) is 11.8 Å². The summed E-state index contributed by atoms with van der Waals surface area (Å²) in [6.07, 6.45) is 10.9. The van der Waals surface area contributed by atoms with Crippen LogP contribution in [0.2, 0.25) is 0 Å². The van der Waals surface area contributed by atoms with Gasteiger partial charge in [-0.25, -0.2) is 4.98 Å². The Balaban J connectivity index is 1.22. The highest BCUT2D eigenvalue weighted by Crippen LogP contribution is 2.41. The maximum atomic E-state index is 10.8. The Labute approximate surface area is 185 Å². The Bertz CT molecular complexity index is 844. The minimum absolute atomic E-state index is 0.334. The fourth-order valence-corrected chi connectivity index (χ4v) is 6.03. The zero-order valence-electron chi connectivity index (χ0n) is 18.5. The number of hydrogen-bond donors (Lipinski definition) is 2. The summed E-state index contributed by atoms with van der Waals surface area (Å²) in [4.78, 5) is 9.50.